The maximum Gasteiger partial charge on any atom is 0.221 e. The lowest BCUT2D eigenvalue weighted by atomic mass is 9.89. The molecule has 0 radical (unpaired) electrons. The van der Waals surface area contributed by atoms with Crippen LogP contribution in [-0.2, 0) is 17.8 Å². The highest BCUT2D eigenvalue weighted by atomic mass is 16.1. The molecule has 5 heteroatoms. The molecule has 34 heavy (non-hydrogen) atoms. The molecule has 0 saturated heterocycles. The first-order valence-electron chi connectivity index (χ1n) is 12.2. The molecule has 1 aliphatic rings. The van der Waals surface area contributed by atoms with Crippen LogP contribution in [0.3, 0.4) is 0 Å². The van der Waals surface area contributed by atoms with Gasteiger partial charge in [0.1, 0.15) is 0 Å². The van der Waals surface area contributed by atoms with E-state index < -0.39 is 0 Å². The number of benzene rings is 3. The van der Waals surface area contributed by atoms with Gasteiger partial charge < -0.3 is 16.4 Å². The van der Waals surface area contributed by atoms with E-state index in [9.17, 15) is 4.79 Å². The zero-order valence-corrected chi connectivity index (χ0v) is 19.7. The summed E-state index contributed by atoms with van der Waals surface area (Å²) in [6.07, 6.45) is 6.81. The lowest BCUT2D eigenvalue weighted by molar-refractivity contribution is -0.117. The number of anilines is 1. The van der Waals surface area contributed by atoms with Crippen molar-refractivity contribution < 1.29 is 4.79 Å². The molecule has 0 aromatic heterocycles. The largest absolute Gasteiger partial charge is 0.369 e. The minimum Gasteiger partial charge on any atom is -0.369 e. The Labute approximate surface area is 202 Å². The monoisotopic (exact) mass is 454 g/mol. The summed E-state index contributed by atoms with van der Waals surface area (Å²) in [6.45, 7) is 1.52. The predicted octanol–water partition coefficient (Wildman–Crippen LogP) is 5.52. The van der Waals surface area contributed by atoms with E-state index in [1.54, 1.807) is 0 Å². The van der Waals surface area contributed by atoms with Crippen molar-refractivity contribution in [3.8, 4) is 11.1 Å². The lowest BCUT2D eigenvalue weighted by Gasteiger charge is -2.23. The maximum atomic E-state index is 11.2. The predicted molar refractivity (Wildman–Crippen MR) is 141 cm³/mol. The molecule has 1 saturated carbocycles. The van der Waals surface area contributed by atoms with Crippen molar-refractivity contribution in [1.29, 1.82) is 0 Å². The number of aliphatic imine (C=N–C) groups is 1. The van der Waals surface area contributed by atoms with Crippen molar-refractivity contribution in [2.45, 2.75) is 45.1 Å². The molecule has 5 nitrogen and oxygen atoms in total. The summed E-state index contributed by atoms with van der Waals surface area (Å²) in [5, 5.41) is 6.99. The highest BCUT2D eigenvalue weighted by molar-refractivity contribution is 5.93. The average molecular weight is 455 g/mol. The van der Waals surface area contributed by atoms with E-state index in [0.717, 1.165) is 29.3 Å². The van der Waals surface area contributed by atoms with Crippen LogP contribution < -0.4 is 16.4 Å². The van der Waals surface area contributed by atoms with Crippen LogP contribution in [0.2, 0.25) is 0 Å². The van der Waals surface area contributed by atoms with Crippen molar-refractivity contribution in [3.63, 3.8) is 0 Å². The molecule has 3 aromatic carbocycles. The van der Waals surface area contributed by atoms with E-state index >= 15 is 0 Å². The summed E-state index contributed by atoms with van der Waals surface area (Å²) in [4.78, 5) is 16.0. The van der Waals surface area contributed by atoms with E-state index in [2.05, 4.69) is 59.2 Å². The molecule has 1 aliphatic carbocycles. The number of hydrogen-bond acceptors (Lipinski definition) is 2. The second kappa shape index (κ2) is 12.0. The van der Waals surface area contributed by atoms with Gasteiger partial charge in [-0.3, -0.25) is 4.79 Å². The Bertz CT molecular complexity index is 1070. The molecule has 0 spiro atoms. The molecule has 0 unspecified atom stereocenters. The second-order valence-electron chi connectivity index (χ2n) is 9.08. The van der Waals surface area contributed by atoms with Crippen LogP contribution in [0.25, 0.3) is 11.1 Å². The molecular formula is C29H34N4O. The van der Waals surface area contributed by atoms with Gasteiger partial charge in [-0.25, -0.2) is 4.99 Å². The molecule has 1 amide bonds. The van der Waals surface area contributed by atoms with Gasteiger partial charge in [-0.15, -0.1) is 0 Å². The third-order valence-corrected chi connectivity index (χ3v) is 6.36. The molecule has 0 heterocycles. The lowest BCUT2D eigenvalue weighted by Crippen LogP contribution is -2.35. The third kappa shape index (κ3) is 7.20. The van der Waals surface area contributed by atoms with Gasteiger partial charge in [0.05, 0.1) is 13.0 Å². The number of primary amides is 1. The van der Waals surface area contributed by atoms with Crippen LogP contribution >= 0.6 is 0 Å². The number of nitrogens with zero attached hydrogens (tertiary/aromatic N) is 1. The summed E-state index contributed by atoms with van der Waals surface area (Å²) in [5.41, 5.74) is 10.7. The van der Waals surface area contributed by atoms with Gasteiger partial charge in [0.2, 0.25) is 5.91 Å². The first-order valence-corrected chi connectivity index (χ1v) is 12.2. The average Bonchev–Trinajstić information content (AvgIpc) is 2.88. The zero-order valence-electron chi connectivity index (χ0n) is 19.7. The number of hydrogen-bond donors (Lipinski definition) is 3. The molecule has 4 rings (SSSR count). The summed E-state index contributed by atoms with van der Waals surface area (Å²) in [7, 11) is 0. The van der Waals surface area contributed by atoms with Gasteiger partial charge in [0.25, 0.3) is 0 Å². The summed E-state index contributed by atoms with van der Waals surface area (Å²) in [5.74, 6) is 1.15. The second-order valence-corrected chi connectivity index (χ2v) is 9.08. The number of guanidine groups is 1. The fourth-order valence-corrected chi connectivity index (χ4v) is 4.42. The number of rotatable bonds is 8. The fourth-order valence-electron chi connectivity index (χ4n) is 4.42. The smallest absolute Gasteiger partial charge is 0.221 e. The molecular weight excluding hydrogens is 420 g/mol. The van der Waals surface area contributed by atoms with Crippen LogP contribution in [0.5, 0.6) is 0 Å². The van der Waals surface area contributed by atoms with Crippen LogP contribution in [0.4, 0.5) is 5.69 Å². The van der Waals surface area contributed by atoms with Crippen molar-refractivity contribution in [3.05, 3.63) is 90.0 Å². The number of carbonyl (C=O) groups is 1. The van der Waals surface area contributed by atoms with Crippen molar-refractivity contribution in [1.82, 2.24) is 5.32 Å². The molecule has 1 fully saturated rings. The minimum atomic E-state index is -0.324. The van der Waals surface area contributed by atoms with E-state index in [4.69, 9.17) is 10.7 Å². The Morgan fingerprint density at radius 1 is 0.824 bits per heavy atom. The number of nitrogens with one attached hydrogen (secondary N) is 2. The van der Waals surface area contributed by atoms with Gasteiger partial charge in [0, 0.05) is 12.2 Å². The van der Waals surface area contributed by atoms with Gasteiger partial charge in [-0.05, 0) is 53.1 Å². The van der Waals surface area contributed by atoms with E-state index in [1.165, 1.54) is 43.2 Å². The van der Waals surface area contributed by atoms with Crippen LogP contribution in [-0.4, -0.2) is 18.4 Å². The topological polar surface area (TPSA) is 79.5 Å². The van der Waals surface area contributed by atoms with Gasteiger partial charge in [0.15, 0.2) is 5.96 Å². The van der Waals surface area contributed by atoms with Gasteiger partial charge in [-0.1, -0.05) is 86.0 Å². The Balaban J connectivity index is 1.43. The number of nitrogens with two attached hydrogens (primary N) is 1. The van der Waals surface area contributed by atoms with Gasteiger partial charge >= 0.3 is 0 Å². The molecule has 0 atom stereocenters. The molecule has 0 bridgehead atoms. The van der Waals surface area contributed by atoms with Crippen molar-refractivity contribution >= 4 is 17.6 Å². The number of amides is 1. The van der Waals surface area contributed by atoms with Crippen molar-refractivity contribution in [2.24, 2.45) is 16.6 Å². The quantitative estimate of drug-likeness (QED) is 0.310. The van der Waals surface area contributed by atoms with Crippen LogP contribution in [0.15, 0.2) is 83.9 Å². The Morgan fingerprint density at radius 3 is 2.15 bits per heavy atom. The number of carbonyl (C=O) groups excluding carboxylic acids is 1. The van der Waals surface area contributed by atoms with Crippen molar-refractivity contribution in [2.75, 3.05) is 11.9 Å². The van der Waals surface area contributed by atoms with E-state index in [1.807, 2.05) is 30.3 Å². The normalized spacial score (nSPS) is 14.5. The van der Waals surface area contributed by atoms with Crippen LogP contribution in [0.1, 0.15) is 43.2 Å². The fraction of sp³-hybridized carbons (Fsp3) is 0.310. The highest BCUT2D eigenvalue weighted by Gasteiger charge is 2.14. The molecule has 0 aliphatic heterocycles. The molecule has 176 valence electrons. The summed E-state index contributed by atoms with van der Waals surface area (Å²) >= 11 is 0. The SMILES string of the molecule is NC(=O)Cc1ccc(NC(=NCc2ccc(-c3ccccc3)cc2)NCC2CCCCC2)cc1. The summed E-state index contributed by atoms with van der Waals surface area (Å²) < 4.78 is 0. The first-order chi connectivity index (χ1) is 16.7. The maximum absolute atomic E-state index is 11.2. The molecule has 4 N–H and O–H groups in total. The third-order valence-electron chi connectivity index (χ3n) is 6.36. The van der Waals surface area contributed by atoms with E-state index in [-0.39, 0.29) is 12.3 Å². The molecule has 3 aromatic rings. The Morgan fingerprint density at radius 2 is 1.47 bits per heavy atom. The first kappa shape index (κ1) is 23.6. The Hall–Kier alpha value is -3.60. The van der Waals surface area contributed by atoms with Crippen LogP contribution in [0, 0.1) is 5.92 Å². The minimum absolute atomic E-state index is 0.250. The van der Waals surface area contributed by atoms with Gasteiger partial charge in [-0.2, -0.15) is 0 Å². The Kier molecular flexibility index (Phi) is 8.33. The highest BCUT2D eigenvalue weighted by Crippen LogP contribution is 2.23. The van der Waals surface area contributed by atoms with E-state index in [0.29, 0.717) is 12.5 Å². The standard InChI is InChI=1S/C29H34N4O/c30-28(34)19-22-13-17-27(18-14-22)33-29(31-20-23-7-3-1-4-8-23)32-21-24-11-15-26(16-12-24)25-9-5-2-6-10-25/h2,5-6,9-18,23H,1,3-4,7-8,19-21H2,(H2,30,34)(H2,31,32,33). The summed E-state index contributed by atoms with van der Waals surface area (Å²) in [6, 6.07) is 26.8. The zero-order chi connectivity index (χ0) is 23.6.